The van der Waals surface area contributed by atoms with Crippen LogP contribution in [0.1, 0.15) is 12.8 Å². The van der Waals surface area contributed by atoms with E-state index in [0.29, 0.717) is 12.0 Å². The molecule has 2 aliphatic heterocycles. The lowest BCUT2D eigenvalue weighted by atomic mass is 9.92. The Bertz CT molecular complexity index is 724. The first-order valence-corrected chi connectivity index (χ1v) is 7.74. The molecule has 0 aliphatic carbocycles. The number of carbonyl (C=O) groups is 1. The van der Waals surface area contributed by atoms with Crippen molar-refractivity contribution in [3.8, 4) is 0 Å². The van der Waals surface area contributed by atoms with E-state index in [2.05, 4.69) is 26.4 Å². The molecular formula is C16H19N5O. The fourth-order valence-corrected chi connectivity index (χ4v) is 3.82. The zero-order valence-electron chi connectivity index (χ0n) is 12.4. The predicted molar refractivity (Wildman–Crippen MR) is 84.5 cm³/mol. The highest BCUT2D eigenvalue weighted by atomic mass is 16.2. The highest BCUT2D eigenvalue weighted by Crippen LogP contribution is 2.36. The minimum absolute atomic E-state index is 0.0276. The van der Waals surface area contributed by atoms with Gasteiger partial charge in [0, 0.05) is 25.8 Å². The van der Waals surface area contributed by atoms with Crippen LogP contribution in [-0.4, -0.2) is 51.4 Å². The lowest BCUT2D eigenvalue weighted by Gasteiger charge is -2.38. The number of fused-ring (bicyclic) bond motifs is 2. The van der Waals surface area contributed by atoms with E-state index in [1.54, 1.807) is 6.33 Å². The first-order valence-electron chi connectivity index (χ1n) is 7.74. The van der Waals surface area contributed by atoms with Crippen molar-refractivity contribution >= 4 is 22.8 Å². The average molecular weight is 297 g/mol. The van der Waals surface area contributed by atoms with Gasteiger partial charge >= 0.3 is 0 Å². The number of aromatic amines is 1. The number of hydrogen-bond acceptors (Lipinski definition) is 4. The molecule has 2 aliphatic rings. The van der Waals surface area contributed by atoms with Crippen LogP contribution in [-0.2, 0) is 4.79 Å². The summed E-state index contributed by atoms with van der Waals surface area (Å²) in [5, 5.41) is 1.05. The summed E-state index contributed by atoms with van der Waals surface area (Å²) in [7, 11) is 0. The molecule has 0 saturated carbocycles. The van der Waals surface area contributed by atoms with Crippen LogP contribution < -0.4 is 4.90 Å². The fourth-order valence-electron chi connectivity index (χ4n) is 3.82. The maximum Gasteiger partial charge on any atom is 0.246 e. The molecule has 0 bridgehead atoms. The van der Waals surface area contributed by atoms with Crippen molar-refractivity contribution in [3.63, 3.8) is 0 Å². The van der Waals surface area contributed by atoms with Crippen LogP contribution >= 0.6 is 0 Å². The predicted octanol–water partition coefficient (Wildman–Crippen LogP) is 1.57. The molecule has 2 aromatic rings. The van der Waals surface area contributed by atoms with Crippen LogP contribution in [0.5, 0.6) is 0 Å². The van der Waals surface area contributed by atoms with Gasteiger partial charge in [-0.15, -0.1) is 0 Å². The molecular weight excluding hydrogens is 278 g/mol. The van der Waals surface area contributed by atoms with Gasteiger partial charge in [0.05, 0.1) is 11.4 Å². The summed E-state index contributed by atoms with van der Waals surface area (Å²) in [6.07, 6.45) is 7.13. The number of amides is 1. The summed E-state index contributed by atoms with van der Waals surface area (Å²) in [4.78, 5) is 28.1. The van der Waals surface area contributed by atoms with Crippen molar-refractivity contribution in [3.05, 3.63) is 31.2 Å². The van der Waals surface area contributed by atoms with E-state index in [4.69, 9.17) is 0 Å². The normalized spacial score (nSPS) is 24.5. The fraction of sp³-hybridized carbons (Fsp3) is 0.438. The Morgan fingerprint density at radius 3 is 3.09 bits per heavy atom. The number of anilines is 1. The van der Waals surface area contributed by atoms with Gasteiger partial charge in [-0.1, -0.05) is 6.58 Å². The Morgan fingerprint density at radius 2 is 2.23 bits per heavy atom. The van der Waals surface area contributed by atoms with Crippen LogP contribution in [0, 0.1) is 5.92 Å². The number of carbonyl (C=O) groups excluding carboxylic acids is 1. The number of aromatic nitrogens is 3. The Kier molecular flexibility index (Phi) is 3.10. The number of piperidine rings is 1. The zero-order valence-corrected chi connectivity index (χ0v) is 12.4. The molecule has 1 N–H and O–H groups in total. The van der Waals surface area contributed by atoms with Crippen molar-refractivity contribution < 1.29 is 4.79 Å². The van der Waals surface area contributed by atoms with Gasteiger partial charge in [-0.25, -0.2) is 9.97 Å². The Morgan fingerprint density at radius 1 is 1.36 bits per heavy atom. The third-order valence-electron chi connectivity index (χ3n) is 4.95. The molecule has 4 heterocycles. The lowest BCUT2D eigenvalue weighted by molar-refractivity contribution is -0.127. The SMILES string of the molecule is C=CC(=O)N1CC[C@@H]2CCN(c3ncnc4[nH]ccc34)[C@H]2C1. The largest absolute Gasteiger partial charge is 0.351 e. The molecule has 22 heavy (non-hydrogen) atoms. The molecule has 2 saturated heterocycles. The number of likely N-dealkylation sites (tertiary alicyclic amines) is 1. The average Bonchev–Trinajstić information content (AvgIpc) is 3.19. The van der Waals surface area contributed by atoms with E-state index in [1.807, 2.05) is 17.2 Å². The second-order valence-corrected chi connectivity index (χ2v) is 6.02. The van der Waals surface area contributed by atoms with Gasteiger partial charge in [0.1, 0.15) is 17.8 Å². The molecule has 0 radical (unpaired) electrons. The van der Waals surface area contributed by atoms with Crippen molar-refractivity contribution in [2.45, 2.75) is 18.9 Å². The zero-order chi connectivity index (χ0) is 15.1. The number of nitrogens with zero attached hydrogens (tertiary/aromatic N) is 4. The Hall–Kier alpha value is -2.37. The topological polar surface area (TPSA) is 65.1 Å². The molecule has 2 aromatic heterocycles. The minimum Gasteiger partial charge on any atom is -0.351 e. The number of rotatable bonds is 2. The first kappa shape index (κ1) is 13.3. The summed E-state index contributed by atoms with van der Waals surface area (Å²) in [6.45, 7) is 6.18. The number of H-pyrrole nitrogens is 1. The van der Waals surface area contributed by atoms with Crippen molar-refractivity contribution in [1.29, 1.82) is 0 Å². The summed E-state index contributed by atoms with van der Waals surface area (Å²) >= 11 is 0. The van der Waals surface area contributed by atoms with Crippen LogP contribution in [0.4, 0.5) is 5.82 Å². The molecule has 2 fully saturated rings. The van der Waals surface area contributed by atoms with Gasteiger partial charge in [-0.2, -0.15) is 0 Å². The first-order chi connectivity index (χ1) is 10.8. The van der Waals surface area contributed by atoms with Crippen molar-refractivity contribution in [2.75, 3.05) is 24.5 Å². The third-order valence-corrected chi connectivity index (χ3v) is 4.95. The minimum atomic E-state index is 0.0276. The van der Waals surface area contributed by atoms with E-state index >= 15 is 0 Å². The quantitative estimate of drug-likeness (QED) is 0.855. The van der Waals surface area contributed by atoms with Gasteiger partial charge in [0.2, 0.25) is 5.91 Å². The van der Waals surface area contributed by atoms with Gasteiger partial charge in [0.25, 0.3) is 0 Å². The molecule has 0 spiro atoms. The molecule has 4 rings (SSSR count). The molecule has 114 valence electrons. The van der Waals surface area contributed by atoms with E-state index < -0.39 is 0 Å². The molecule has 2 atom stereocenters. The van der Waals surface area contributed by atoms with E-state index in [0.717, 1.165) is 49.3 Å². The summed E-state index contributed by atoms with van der Waals surface area (Å²) in [5.74, 6) is 1.64. The number of nitrogens with one attached hydrogen (secondary N) is 1. The van der Waals surface area contributed by atoms with E-state index in [-0.39, 0.29) is 5.91 Å². The molecule has 0 aromatic carbocycles. The standard InChI is InChI=1S/C16H19N5O/c1-2-14(22)20-7-4-11-5-8-21(13(11)9-20)16-12-3-6-17-15(12)18-10-19-16/h2-3,6,10-11,13H,1,4-5,7-9H2,(H,17,18,19)/t11-,13+/m1/s1. The second-order valence-electron chi connectivity index (χ2n) is 6.02. The summed E-state index contributed by atoms with van der Waals surface area (Å²) in [6, 6.07) is 2.36. The van der Waals surface area contributed by atoms with Gasteiger partial charge in [-0.05, 0) is 30.9 Å². The Balaban J connectivity index is 1.66. The third kappa shape index (κ3) is 1.98. The monoisotopic (exact) mass is 297 g/mol. The van der Waals surface area contributed by atoms with Gasteiger partial charge in [0.15, 0.2) is 0 Å². The molecule has 1 amide bonds. The van der Waals surface area contributed by atoms with Gasteiger partial charge < -0.3 is 14.8 Å². The second kappa shape index (κ2) is 5.12. The van der Waals surface area contributed by atoms with Crippen LogP contribution in [0.2, 0.25) is 0 Å². The summed E-state index contributed by atoms with van der Waals surface area (Å²) in [5.41, 5.74) is 0.864. The van der Waals surface area contributed by atoms with Crippen molar-refractivity contribution in [2.24, 2.45) is 5.92 Å². The Labute approximate surface area is 128 Å². The highest BCUT2D eigenvalue weighted by Gasteiger charge is 2.40. The maximum atomic E-state index is 11.9. The molecule has 0 unspecified atom stereocenters. The van der Waals surface area contributed by atoms with E-state index in [9.17, 15) is 4.79 Å². The van der Waals surface area contributed by atoms with Crippen molar-refractivity contribution in [1.82, 2.24) is 19.9 Å². The highest BCUT2D eigenvalue weighted by molar-refractivity contribution is 5.88. The molecule has 6 nitrogen and oxygen atoms in total. The maximum absolute atomic E-state index is 11.9. The van der Waals surface area contributed by atoms with Gasteiger partial charge in [-0.3, -0.25) is 4.79 Å². The summed E-state index contributed by atoms with van der Waals surface area (Å²) < 4.78 is 0. The lowest BCUT2D eigenvalue weighted by Crippen LogP contribution is -2.50. The number of hydrogen-bond donors (Lipinski definition) is 1. The van der Waals surface area contributed by atoms with Crippen LogP contribution in [0.15, 0.2) is 31.2 Å². The molecule has 6 heteroatoms. The van der Waals surface area contributed by atoms with Crippen LogP contribution in [0.25, 0.3) is 11.0 Å². The van der Waals surface area contributed by atoms with E-state index in [1.165, 1.54) is 6.08 Å². The van der Waals surface area contributed by atoms with Crippen LogP contribution in [0.3, 0.4) is 0 Å². The smallest absolute Gasteiger partial charge is 0.246 e.